The van der Waals surface area contributed by atoms with Crippen LogP contribution in [0.15, 0.2) is 41.8 Å². The number of aromatic nitrogens is 3. The van der Waals surface area contributed by atoms with Crippen molar-refractivity contribution in [2.24, 2.45) is 10.9 Å². The summed E-state index contributed by atoms with van der Waals surface area (Å²) in [5, 5.41) is 10.9. The fraction of sp³-hybridized carbons (Fsp3) is 0.400. The first-order valence-corrected chi connectivity index (χ1v) is 7.24. The van der Waals surface area contributed by atoms with Gasteiger partial charge in [-0.25, -0.2) is 9.67 Å². The van der Waals surface area contributed by atoms with Gasteiger partial charge in [-0.1, -0.05) is 0 Å². The SMILES string of the molecule is CN=C(NCc1ccnc(-n2cccn2)c1)NCC1CC1. The number of nitrogens with one attached hydrogen (secondary N) is 2. The standard InChI is InChI=1S/C15H20N6/c1-16-15(18-10-12-3-4-12)19-11-13-5-7-17-14(9-13)21-8-2-6-20-21/h2,5-9,12H,3-4,10-11H2,1H3,(H2,16,18,19). The van der Waals surface area contributed by atoms with E-state index in [1.165, 1.54) is 12.8 Å². The van der Waals surface area contributed by atoms with Gasteiger partial charge in [-0.3, -0.25) is 4.99 Å². The van der Waals surface area contributed by atoms with Crippen LogP contribution in [0.25, 0.3) is 5.82 Å². The molecule has 0 saturated heterocycles. The summed E-state index contributed by atoms with van der Waals surface area (Å²) in [7, 11) is 1.80. The van der Waals surface area contributed by atoms with Crippen LogP contribution >= 0.6 is 0 Å². The van der Waals surface area contributed by atoms with Gasteiger partial charge >= 0.3 is 0 Å². The number of rotatable bonds is 5. The van der Waals surface area contributed by atoms with Crippen LogP contribution in [-0.4, -0.2) is 34.3 Å². The summed E-state index contributed by atoms with van der Waals surface area (Å²) in [4.78, 5) is 8.56. The highest BCUT2D eigenvalue weighted by molar-refractivity contribution is 5.79. The highest BCUT2D eigenvalue weighted by Crippen LogP contribution is 2.27. The van der Waals surface area contributed by atoms with Crippen molar-refractivity contribution in [2.45, 2.75) is 19.4 Å². The lowest BCUT2D eigenvalue weighted by molar-refractivity contribution is 0.736. The Labute approximate surface area is 124 Å². The minimum Gasteiger partial charge on any atom is -0.356 e. The van der Waals surface area contributed by atoms with Crippen LogP contribution in [0.4, 0.5) is 0 Å². The van der Waals surface area contributed by atoms with Crippen LogP contribution in [0.2, 0.25) is 0 Å². The summed E-state index contributed by atoms with van der Waals surface area (Å²) in [5.41, 5.74) is 1.14. The van der Waals surface area contributed by atoms with Gasteiger partial charge in [0.1, 0.15) is 0 Å². The van der Waals surface area contributed by atoms with Crippen LogP contribution < -0.4 is 10.6 Å². The molecule has 0 radical (unpaired) electrons. The second-order valence-electron chi connectivity index (χ2n) is 5.22. The molecule has 0 spiro atoms. The first-order chi connectivity index (χ1) is 10.3. The lowest BCUT2D eigenvalue weighted by Crippen LogP contribution is -2.37. The second kappa shape index (κ2) is 6.39. The molecule has 1 saturated carbocycles. The molecule has 2 N–H and O–H groups in total. The molecule has 1 aliphatic carbocycles. The van der Waals surface area contributed by atoms with Crippen LogP contribution in [-0.2, 0) is 6.54 Å². The molecule has 2 aromatic heterocycles. The van der Waals surface area contributed by atoms with Crippen molar-refractivity contribution in [3.05, 3.63) is 42.4 Å². The Balaban J connectivity index is 1.58. The average molecular weight is 284 g/mol. The van der Waals surface area contributed by atoms with Gasteiger partial charge in [0.15, 0.2) is 11.8 Å². The monoisotopic (exact) mass is 284 g/mol. The maximum Gasteiger partial charge on any atom is 0.191 e. The molecule has 110 valence electrons. The van der Waals surface area contributed by atoms with Gasteiger partial charge < -0.3 is 10.6 Å². The van der Waals surface area contributed by atoms with E-state index in [9.17, 15) is 0 Å². The van der Waals surface area contributed by atoms with Crippen molar-refractivity contribution in [1.82, 2.24) is 25.4 Å². The van der Waals surface area contributed by atoms with Crippen LogP contribution in [0.5, 0.6) is 0 Å². The van der Waals surface area contributed by atoms with E-state index in [2.05, 4.69) is 25.7 Å². The van der Waals surface area contributed by atoms with Gasteiger partial charge in [0, 0.05) is 38.7 Å². The van der Waals surface area contributed by atoms with Gasteiger partial charge in [0.25, 0.3) is 0 Å². The fourth-order valence-electron chi connectivity index (χ4n) is 2.07. The summed E-state index contributed by atoms with van der Waals surface area (Å²) in [6.07, 6.45) is 8.10. The Hall–Kier alpha value is -2.37. The molecule has 0 amide bonds. The van der Waals surface area contributed by atoms with Gasteiger partial charge in [-0.05, 0) is 42.5 Å². The molecular formula is C15H20N6. The van der Waals surface area contributed by atoms with Gasteiger partial charge in [0.2, 0.25) is 0 Å². The summed E-state index contributed by atoms with van der Waals surface area (Å²) in [6.45, 7) is 1.72. The normalized spacial score (nSPS) is 15.0. The minimum atomic E-state index is 0.709. The Morgan fingerprint density at radius 1 is 1.38 bits per heavy atom. The summed E-state index contributed by atoms with van der Waals surface area (Å²) >= 11 is 0. The number of guanidine groups is 1. The fourth-order valence-corrected chi connectivity index (χ4v) is 2.07. The Morgan fingerprint density at radius 3 is 3.00 bits per heavy atom. The number of aliphatic imine (C=N–C) groups is 1. The van der Waals surface area contributed by atoms with Crippen molar-refractivity contribution in [1.29, 1.82) is 0 Å². The molecule has 1 aliphatic rings. The molecule has 1 fully saturated rings. The van der Waals surface area contributed by atoms with Crippen molar-refractivity contribution in [2.75, 3.05) is 13.6 Å². The number of hydrogen-bond donors (Lipinski definition) is 2. The average Bonchev–Trinajstić information content (AvgIpc) is 3.19. The Bertz CT molecular complexity index is 600. The van der Waals surface area contributed by atoms with E-state index in [0.29, 0.717) is 6.54 Å². The van der Waals surface area contributed by atoms with Crippen LogP contribution in [0.1, 0.15) is 18.4 Å². The van der Waals surface area contributed by atoms with E-state index in [0.717, 1.165) is 29.8 Å². The molecule has 6 heteroatoms. The third kappa shape index (κ3) is 3.81. The molecule has 0 unspecified atom stereocenters. The predicted octanol–water partition coefficient (Wildman–Crippen LogP) is 1.34. The van der Waals surface area contributed by atoms with Crippen molar-refractivity contribution >= 4 is 5.96 Å². The van der Waals surface area contributed by atoms with Gasteiger partial charge in [0.05, 0.1) is 0 Å². The van der Waals surface area contributed by atoms with E-state index in [1.54, 1.807) is 24.1 Å². The molecule has 0 aromatic carbocycles. The third-order valence-electron chi connectivity index (χ3n) is 3.49. The second-order valence-corrected chi connectivity index (χ2v) is 5.22. The number of nitrogens with zero attached hydrogens (tertiary/aromatic N) is 4. The third-order valence-corrected chi connectivity index (χ3v) is 3.49. The zero-order valence-electron chi connectivity index (χ0n) is 12.2. The van der Waals surface area contributed by atoms with E-state index in [-0.39, 0.29) is 0 Å². The largest absolute Gasteiger partial charge is 0.356 e. The summed E-state index contributed by atoms with van der Waals surface area (Å²) < 4.78 is 1.75. The highest BCUT2D eigenvalue weighted by Gasteiger charge is 2.20. The Kier molecular flexibility index (Phi) is 4.14. The first-order valence-electron chi connectivity index (χ1n) is 7.24. The quantitative estimate of drug-likeness (QED) is 0.642. The maximum atomic E-state index is 4.32. The smallest absolute Gasteiger partial charge is 0.191 e. The van der Waals surface area contributed by atoms with Gasteiger partial charge in [-0.2, -0.15) is 5.10 Å². The lowest BCUT2D eigenvalue weighted by Gasteiger charge is -2.12. The minimum absolute atomic E-state index is 0.709. The lowest BCUT2D eigenvalue weighted by atomic mass is 10.2. The predicted molar refractivity (Wildman–Crippen MR) is 82.3 cm³/mol. The summed E-state index contributed by atoms with van der Waals surface area (Å²) in [5.74, 6) is 2.50. The van der Waals surface area contributed by atoms with E-state index in [1.807, 2.05) is 24.4 Å². The zero-order valence-corrected chi connectivity index (χ0v) is 12.2. The van der Waals surface area contributed by atoms with Crippen molar-refractivity contribution in [3.63, 3.8) is 0 Å². The summed E-state index contributed by atoms with van der Waals surface area (Å²) in [6, 6.07) is 5.90. The zero-order chi connectivity index (χ0) is 14.5. The molecule has 21 heavy (non-hydrogen) atoms. The van der Waals surface area contributed by atoms with Crippen molar-refractivity contribution in [3.8, 4) is 5.82 Å². The topological polar surface area (TPSA) is 67.1 Å². The molecule has 6 nitrogen and oxygen atoms in total. The van der Waals surface area contributed by atoms with Gasteiger partial charge in [-0.15, -0.1) is 0 Å². The molecular weight excluding hydrogens is 264 g/mol. The molecule has 0 aliphatic heterocycles. The number of pyridine rings is 1. The molecule has 3 rings (SSSR count). The molecule has 2 aromatic rings. The van der Waals surface area contributed by atoms with E-state index in [4.69, 9.17) is 0 Å². The molecule has 0 atom stereocenters. The van der Waals surface area contributed by atoms with Crippen molar-refractivity contribution < 1.29 is 0 Å². The molecule has 0 bridgehead atoms. The maximum absolute atomic E-state index is 4.32. The van der Waals surface area contributed by atoms with E-state index >= 15 is 0 Å². The number of hydrogen-bond acceptors (Lipinski definition) is 3. The van der Waals surface area contributed by atoms with Crippen LogP contribution in [0, 0.1) is 5.92 Å². The van der Waals surface area contributed by atoms with E-state index < -0.39 is 0 Å². The van der Waals surface area contributed by atoms with Crippen LogP contribution in [0.3, 0.4) is 0 Å². The Morgan fingerprint density at radius 2 is 2.29 bits per heavy atom. The first kappa shape index (κ1) is 13.6. The molecule has 2 heterocycles. The highest BCUT2D eigenvalue weighted by atomic mass is 15.3.